The number of nitrogens with zero attached hydrogens (tertiary/aromatic N) is 4. The summed E-state index contributed by atoms with van der Waals surface area (Å²) < 4.78 is 7.23. The van der Waals surface area contributed by atoms with Crippen LogP contribution in [-0.4, -0.2) is 44.7 Å². The summed E-state index contributed by atoms with van der Waals surface area (Å²) in [5, 5.41) is 11.6. The summed E-state index contributed by atoms with van der Waals surface area (Å²) in [7, 11) is 0. The van der Waals surface area contributed by atoms with Gasteiger partial charge in [0.05, 0.1) is 12.5 Å². The van der Waals surface area contributed by atoms with Crippen LogP contribution in [0.4, 0.5) is 0 Å². The summed E-state index contributed by atoms with van der Waals surface area (Å²) in [5.41, 5.74) is 1.22. The van der Waals surface area contributed by atoms with Gasteiger partial charge in [0.15, 0.2) is 0 Å². The van der Waals surface area contributed by atoms with Crippen LogP contribution in [0.2, 0.25) is 0 Å². The first-order valence-electron chi connectivity index (χ1n) is 9.22. The molecular weight excluding hydrogens is 318 g/mol. The summed E-state index contributed by atoms with van der Waals surface area (Å²) in [6.45, 7) is 3.91. The van der Waals surface area contributed by atoms with E-state index in [1.54, 1.807) is 6.26 Å². The van der Waals surface area contributed by atoms with E-state index in [2.05, 4.69) is 25.0 Å². The van der Waals surface area contributed by atoms with Gasteiger partial charge in [-0.05, 0) is 37.2 Å². The third-order valence-corrected chi connectivity index (χ3v) is 5.97. The van der Waals surface area contributed by atoms with Crippen LogP contribution in [-0.2, 0) is 19.5 Å². The fourth-order valence-electron chi connectivity index (χ4n) is 4.36. The molecule has 0 aromatic carbocycles. The fourth-order valence-corrected chi connectivity index (χ4v) is 4.36. The van der Waals surface area contributed by atoms with Crippen LogP contribution in [0.15, 0.2) is 23.0 Å². The van der Waals surface area contributed by atoms with Gasteiger partial charge in [-0.1, -0.05) is 0 Å². The molecule has 7 heteroatoms. The summed E-state index contributed by atoms with van der Waals surface area (Å²) in [6.07, 6.45) is 7.84. The maximum Gasteiger partial charge on any atom is 0.289 e. The molecular formula is C18H23N5O2. The van der Waals surface area contributed by atoms with Crippen molar-refractivity contribution in [3.05, 3.63) is 35.8 Å². The van der Waals surface area contributed by atoms with Crippen molar-refractivity contribution in [1.29, 1.82) is 0 Å². The molecule has 1 N–H and O–H groups in total. The number of hydrogen-bond donors (Lipinski definition) is 1. The molecule has 1 saturated carbocycles. The molecule has 5 rings (SSSR count). The minimum absolute atomic E-state index is 0.0600. The van der Waals surface area contributed by atoms with Crippen LogP contribution in [0.25, 0.3) is 0 Å². The van der Waals surface area contributed by atoms with Gasteiger partial charge < -0.3 is 14.3 Å². The van der Waals surface area contributed by atoms with Gasteiger partial charge in [0, 0.05) is 44.2 Å². The zero-order chi connectivity index (χ0) is 16.8. The Labute approximate surface area is 146 Å². The Morgan fingerprint density at radius 2 is 2.12 bits per heavy atom. The molecule has 3 aliphatic rings. The van der Waals surface area contributed by atoms with Crippen molar-refractivity contribution in [2.24, 2.45) is 11.8 Å². The molecule has 7 nitrogen and oxygen atoms in total. The van der Waals surface area contributed by atoms with Crippen molar-refractivity contribution in [2.45, 2.75) is 44.8 Å². The van der Waals surface area contributed by atoms with Crippen LogP contribution in [0.3, 0.4) is 0 Å². The third-order valence-electron chi connectivity index (χ3n) is 5.97. The van der Waals surface area contributed by atoms with Crippen LogP contribution in [0.1, 0.15) is 41.3 Å². The molecule has 2 atom stereocenters. The van der Waals surface area contributed by atoms with Gasteiger partial charge in [-0.2, -0.15) is 0 Å². The Balaban J connectivity index is 1.28. The molecule has 25 heavy (non-hydrogen) atoms. The van der Waals surface area contributed by atoms with Crippen LogP contribution < -0.4 is 5.32 Å². The van der Waals surface area contributed by atoms with Crippen molar-refractivity contribution in [1.82, 2.24) is 25.0 Å². The first-order chi connectivity index (χ1) is 12.3. The standard InChI is InChI=1S/C18H23N5O2/c24-18(19-15-2-1-3-15)17-21-20-16-6-13-8-22(7-12-4-5-25-11-12)9-14(13)10-23(16)17/h4-5,11,13-15H,1-3,6-10H2,(H,19,24)/t13-,14+/m0/s1. The van der Waals surface area contributed by atoms with E-state index >= 15 is 0 Å². The smallest absolute Gasteiger partial charge is 0.289 e. The van der Waals surface area contributed by atoms with Gasteiger partial charge in [0.25, 0.3) is 5.91 Å². The number of carbonyl (C=O) groups is 1. The van der Waals surface area contributed by atoms with Crippen molar-refractivity contribution >= 4 is 5.91 Å². The number of rotatable bonds is 4. The third kappa shape index (κ3) is 2.76. The molecule has 132 valence electrons. The molecule has 2 aromatic heterocycles. The van der Waals surface area contributed by atoms with Crippen LogP contribution in [0.5, 0.6) is 0 Å². The highest BCUT2D eigenvalue weighted by molar-refractivity contribution is 5.91. The number of carbonyl (C=O) groups excluding carboxylic acids is 1. The summed E-state index contributed by atoms with van der Waals surface area (Å²) in [6, 6.07) is 2.36. The van der Waals surface area contributed by atoms with Gasteiger partial charge in [0.1, 0.15) is 5.82 Å². The number of fused-ring (bicyclic) bond motifs is 2. The summed E-state index contributed by atoms with van der Waals surface area (Å²) >= 11 is 0. The first kappa shape index (κ1) is 15.1. The van der Waals surface area contributed by atoms with Gasteiger partial charge in [-0.25, -0.2) is 0 Å². The van der Waals surface area contributed by atoms with E-state index in [0.29, 0.717) is 23.7 Å². The summed E-state index contributed by atoms with van der Waals surface area (Å²) in [4.78, 5) is 15.0. The Morgan fingerprint density at radius 3 is 2.88 bits per heavy atom. The number of furan rings is 1. The van der Waals surface area contributed by atoms with E-state index in [1.807, 2.05) is 12.3 Å². The molecule has 0 spiro atoms. The SMILES string of the molecule is O=C(NC1CCC1)c1nnc2n1C[C@H]1CN(Cc3ccoc3)C[C@@H]1C2. The average molecular weight is 341 g/mol. The van der Waals surface area contributed by atoms with Crippen molar-refractivity contribution in [3.63, 3.8) is 0 Å². The topological polar surface area (TPSA) is 76.2 Å². The molecule has 2 fully saturated rings. The average Bonchev–Trinajstić information content (AvgIpc) is 3.27. The minimum Gasteiger partial charge on any atom is -0.472 e. The zero-order valence-corrected chi connectivity index (χ0v) is 14.2. The van der Waals surface area contributed by atoms with Crippen LogP contribution in [0, 0.1) is 11.8 Å². The normalized spacial score (nSPS) is 26.1. The second kappa shape index (κ2) is 5.98. The number of aromatic nitrogens is 3. The second-order valence-electron chi connectivity index (χ2n) is 7.70. The molecule has 0 radical (unpaired) electrons. The van der Waals surface area contributed by atoms with Crippen LogP contribution >= 0.6 is 0 Å². The molecule has 2 aromatic rings. The summed E-state index contributed by atoms with van der Waals surface area (Å²) in [5.74, 6) is 2.56. The molecule has 0 bridgehead atoms. The van der Waals surface area contributed by atoms with Gasteiger partial charge in [-0.3, -0.25) is 9.69 Å². The lowest BCUT2D eigenvalue weighted by Gasteiger charge is -2.28. The lowest BCUT2D eigenvalue weighted by atomic mass is 9.89. The second-order valence-corrected chi connectivity index (χ2v) is 7.70. The number of likely N-dealkylation sites (tertiary alicyclic amines) is 1. The van der Waals surface area contributed by atoms with Gasteiger partial charge >= 0.3 is 0 Å². The first-order valence-corrected chi connectivity index (χ1v) is 9.22. The van der Waals surface area contributed by atoms with Crippen molar-refractivity contribution in [3.8, 4) is 0 Å². The Bertz CT molecular complexity index is 765. The largest absolute Gasteiger partial charge is 0.472 e. The molecule has 4 heterocycles. The minimum atomic E-state index is -0.0600. The maximum atomic E-state index is 12.5. The zero-order valence-electron chi connectivity index (χ0n) is 14.2. The van der Waals surface area contributed by atoms with Gasteiger partial charge in [0.2, 0.25) is 5.82 Å². The lowest BCUT2D eigenvalue weighted by Crippen LogP contribution is -2.41. The predicted molar refractivity (Wildman–Crippen MR) is 89.8 cm³/mol. The van der Waals surface area contributed by atoms with Crippen molar-refractivity contribution < 1.29 is 9.21 Å². The highest BCUT2D eigenvalue weighted by Crippen LogP contribution is 2.33. The van der Waals surface area contributed by atoms with Crippen molar-refractivity contribution in [2.75, 3.05) is 13.1 Å². The fraction of sp³-hybridized carbons (Fsp3) is 0.611. The quantitative estimate of drug-likeness (QED) is 0.911. The lowest BCUT2D eigenvalue weighted by molar-refractivity contribution is 0.0898. The van der Waals surface area contributed by atoms with E-state index in [9.17, 15) is 4.79 Å². The molecule has 0 unspecified atom stereocenters. The maximum absolute atomic E-state index is 12.5. The predicted octanol–water partition coefficient (Wildman–Crippen LogP) is 1.46. The molecule has 1 saturated heterocycles. The van der Waals surface area contributed by atoms with E-state index in [1.165, 1.54) is 12.0 Å². The molecule has 2 aliphatic heterocycles. The molecule has 1 amide bonds. The van der Waals surface area contributed by atoms with E-state index < -0.39 is 0 Å². The van der Waals surface area contributed by atoms with E-state index in [-0.39, 0.29) is 5.91 Å². The Hall–Kier alpha value is -2.15. The Morgan fingerprint density at radius 1 is 1.24 bits per heavy atom. The van der Waals surface area contributed by atoms with Gasteiger partial charge in [-0.15, -0.1) is 10.2 Å². The highest BCUT2D eigenvalue weighted by Gasteiger charge is 2.39. The number of hydrogen-bond acceptors (Lipinski definition) is 5. The molecule has 1 aliphatic carbocycles. The van der Waals surface area contributed by atoms with E-state index in [0.717, 1.165) is 51.3 Å². The number of amides is 1. The monoisotopic (exact) mass is 341 g/mol. The number of nitrogens with one attached hydrogen (secondary N) is 1. The highest BCUT2D eigenvalue weighted by atomic mass is 16.3. The van der Waals surface area contributed by atoms with E-state index in [4.69, 9.17) is 4.42 Å². The Kier molecular flexibility index (Phi) is 3.62.